The van der Waals surface area contributed by atoms with Gasteiger partial charge in [0.05, 0.1) is 9.79 Å². The number of aliphatic imine (C=N–C) groups is 2. The topological polar surface area (TPSA) is 117 Å². The molecule has 0 saturated carbocycles. The van der Waals surface area contributed by atoms with Crippen molar-refractivity contribution in [2.24, 2.45) is 9.98 Å². The molecule has 10 heteroatoms. The Hall–Kier alpha value is -2.72. The fourth-order valence-corrected chi connectivity index (χ4v) is 5.96. The Labute approximate surface area is 176 Å². The number of fused-ring (bicyclic) bond motifs is 2. The lowest BCUT2D eigenvalue weighted by atomic mass is 10.2. The highest BCUT2D eigenvalue weighted by Gasteiger charge is 2.30. The molecule has 0 spiro atoms. The van der Waals surface area contributed by atoms with Crippen LogP contribution in [-0.2, 0) is 20.0 Å². The molecule has 2 aliphatic heterocycles. The monoisotopic (exact) mass is 446 g/mol. The first kappa shape index (κ1) is 20.5. The van der Waals surface area contributed by atoms with E-state index in [1.54, 1.807) is 48.5 Å². The summed E-state index contributed by atoms with van der Waals surface area (Å²) in [6, 6.07) is 13.6. The van der Waals surface area contributed by atoms with Gasteiger partial charge in [0.25, 0.3) is 20.0 Å². The first-order valence-electron chi connectivity index (χ1n) is 9.72. The van der Waals surface area contributed by atoms with E-state index in [1.807, 2.05) is 0 Å². The minimum atomic E-state index is -3.49. The summed E-state index contributed by atoms with van der Waals surface area (Å²) in [5, 5.41) is 0. The number of amidine groups is 2. The number of hydrogen-bond acceptors (Lipinski definition) is 6. The van der Waals surface area contributed by atoms with E-state index in [-0.39, 0.29) is 9.79 Å². The summed E-state index contributed by atoms with van der Waals surface area (Å²) < 4.78 is 53.2. The van der Waals surface area contributed by atoms with Gasteiger partial charge in [-0.1, -0.05) is 37.1 Å². The van der Waals surface area contributed by atoms with Crippen molar-refractivity contribution in [3.63, 3.8) is 0 Å². The molecular weight excluding hydrogens is 424 g/mol. The van der Waals surface area contributed by atoms with Gasteiger partial charge in [-0.05, 0) is 37.1 Å². The zero-order valence-electron chi connectivity index (χ0n) is 16.2. The van der Waals surface area contributed by atoms with Crippen LogP contribution in [0.1, 0.15) is 36.8 Å². The van der Waals surface area contributed by atoms with Gasteiger partial charge < -0.3 is 0 Å². The Bertz CT molecular complexity index is 1140. The molecule has 0 atom stereocenters. The van der Waals surface area contributed by atoms with E-state index in [1.165, 1.54) is 0 Å². The summed E-state index contributed by atoms with van der Waals surface area (Å²) in [5.74, 6) is 0.813. The van der Waals surface area contributed by atoms with E-state index in [0.29, 0.717) is 35.9 Å². The molecule has 2 N–H and O–H groups in total. The van der Waals surface area contributed by atoms with Crippen LogP contribution in [0.2, 0.25) is 0 Å². The van der Waals surface area contributed by atoms with Crippen LogP contribution in [0.3, 0.4) is 0 Å². The molecule has 0 amide bonds. The smallest absolute Gasteiger partial charge is 0.263 e. The van der Waals surface area contributed by atoms with E-state index >= 15 is 0 Å². The zero-order valence-corrected chi connectivity index (χ0v) is 17.8. The van der Waals surface area contributed by atoms with Gasteiger partial charge in [0, 0.05) is 24.2 Å². The molecule has 2 aromatic rings. The lowest BCUT2D eigenvalue weighted by Crippen LogP contribution is -2.22. The van der Waals surface area contributed by atoms with Crippen molar-refractivity contribution in [3.05, 3.63) is 59.7 Å². The second-order valence-electron chi connectivity index (χ2n) is 7.08. The lowest BCUT2D eigenvalue weighted by molar-refractivity contribution is 0.593. The van der Waals surface area contributed by atoms with Gasteiger partial charge in [-0.2, -0.15) is 0 Å². The fraction of sp³-hybridized carbons (Fsp3) is 0.300. The van der Waals surface area contributed by atoms with Crippen LogP contribution >= 0.6 is 0 Å². The molecule has 0 aliphatic carbocycles. The zero-order chi connectivity index (χ0) is 21.2. The van der Waals surface area contributed by atoms with Crippen LogP contribution in [0.5, 0.6) is 0 Å². The normalized spacial score (nSPS) is 20.5. The molecular formula is C20H22N4O4S2. The summed E-state index contributed by atoms with van der Waals surface area (Å²) in [7, 11) is -6.98. The predicted molar refractivity (Wildman–Crippen MR) is 115 cm³/mol. The average Bonchev–Trinajstić information content (AvgIpc) is 3.14. The van der Waals surface area contributed by atoms with E-state index < -0.39 is 20.0 Å². The third-order valence-corrected chi connectivity index (χ3v) is 7.73. The van der Waals surface area contributed by atoms with Gasteiger partial charge in [0.1, 0.15) is 11.7 Å². The van der Waals surface area contributed by atoms with Gasteiger partial charge in [-0.3, -0.25) is 19.4 Å². The molecule has 0 radical (unpaired) electrons. The van der Waals surface area contributed by atoms with E-state index in [9.17, 15) is 16.8 Å². The summed E-state index contributed by atoms with van der Waals surface area (Å²) in [6.07, 6.45) is 3.52. The first-order valence-corrected chi connectivity index (χ1v) is 12.7. The molecule has 8 nitrogen and oxygen atoms in total. The predicted octanol–water partition coefficient (Wildman–Crippen LogP) is 2.02. The van der Waals surface area contributed by atoms with E-state index in [4.69, 9.17) is 0 Å². The van der Waals surface area contributed by atoms with Crippen LogP contribution in [0.4, 0.5) is 0 Å². The molecule has 0 saturated heterocycles. The minimum absolute atomic E-state index is 0.270. The lowest BCUT2D eigenvalue weighted by Gasteiger charge is -2.01. The number of rotatable bonds is 7. The van der Waals surface area contributed by atoms with Crippen LogP contribution in [-0.4, -0.2) is 41.6 Å². The molecule has 0 aromatic heterocycles. The Morgan fingerprint density at radius 1 is 0.600 bits per heavy atom. The quantitative estimate of drug-likeness (QED) is 0.633. The molecule has 30 heavy (non-hydrogen) atoms. The van der Waals surface area contributed by atoms with Crippen LogP contribution < -0.4 is 9.44 Å². The largest absolute Gasteiger partial charge is 0.267 e. The van der Waals surface area contributed by atoms with Gasteiger partial charge in [-0.15, -0.1) is 0 Å². The fourth-order valence-electron chi connectivity index (χ4n) is 3.46. The SMILES string of the molecule is O=S1(=O)NC(=NCCCCCCN=C2NS(=O)(=O)c3ccccc32)c2ccccc21. The third-order valence-electron chi connectivity index (χ3n) is 4.93. The van der Waals surface area contributed by atoms with Crippen LogP contribution in [0.25, 0.3) is 0 Å². The van der Waals surface area contributed by atoms with Crippen molar-refractivity contribution >= 4 is 31.7 Å². The Morgan fingerprint density at radius 3 is 1.43 bits per heavy atom. The van der Waals surface area contributed by atoms with Crippen LogP contribution in [0, 0.1) is 0 Å². The first-order chi connectivity index (χ1) is 14.4. The number of nitrogens with one attached hydrogen (secondary N) is 2. The van der Waals surface area contributed by atoms with Gasteiger partial charge in [-0.25, -0.2) is 16.8 Å². The Morgan fingerprint density at radius 2 is 1.00 bits per heavy atom. The van der Waals surface area contributed by atoms with Gasteiger partial charge >= 0.3 is 0 Å². The number of benzene rings is 2. The van der Waals surface area contributed by atoms with Crippen molar-refractivity contribution in [3.8, 4) is 0 Å². The van der Waals surface area contributed by atoms with Crippen LogP contribution in [0.15, 0.2) is 68.3 Å². The second-order valence-corrected chi connectivity index (χ2v) is 10.4. The maximum Gasteiger partial charge on any atom is 0.263 e. The highest BCUT2D eigenvalue weighted by molar-refractivity contribution is 7.91. The average molecular weight is 447 g/mol. The third kappa shape index (κ3) is 4.10. The summed E-state index contributed by atoms with van der Waals surface area (Å²) >= 11 is 0. The molecule has 0 fully saturated rings. The summed E-state index contributed by atoms with van der Waals surface area (Å²) in [4.78, 5) is 9.35. The van der Waals surface area contributed by atoms with Crippen molar-refractivity contribution in [2.45, 2.75) is 35.5 Å². The molecule has 4 rings (SSSR count). The van der Waals surface area contributed by atoms with Crippen molar-refractivity contribution in [1.82, 2.24) is 9.44 Å². The molecule has 158 valence electrons. The standard InChI is InChI=1S/C20H22N4O4S2/c25-29(26)17-11-5-3-9-15(17)19(23-29)21-13-7-1-2-8-14-22-20-16-10-4-6-12-18(16)30(27,28)24-20/h3-6,9-12H,1-2,7-8,13-14H2,(H,21,23)(H,22,24). The van der Waals surface area contributed by atoms with Crippen molar-refractivity contribution in [1.29, 1.82) is 0 Å². The molecule has 0 bridgehead atoms. The van der Waals surface area contributed by atoms with E-state index in [2.05, 4.69) is 19.4 Å². The maximum absolute atomic E-state index is 12.0. The van der Waals surface area contributed by atoms with E-state index in [0.717, 1.165) is 25.7 Å². The summed E-state index contributed by atoms with van der Waals surface area (Å²) in [6.45, 7) is 1.07. The molecule has 2 heterocycles. The Balaban J connectivity index is 1.23. The molecule has 2 aromatic carbocycles. The Kier molecular flexibility index (Phi) is 5.61. The molecule has 0 unspecified atom stereocenters. The van der Waals surface area contributed by atoms with Crippen molar-refractivity contribution < 1.29 is 16.8 Å². The highest BCUT2D eigenvalue weighted by atomic mass is 32.2. The number of unbranched alkanes of at least 4 members (excludes halogenated alkanes) is 3. The minimum Gasteiger partial charge on any atom is -0.267 e. The number of nitrogens with zero attached hydrogens (tertiary/aromatic N) is 2. The maximum atomic E-state index is 12.0. The molecule has 2 aliphatic rings. The van der Waals surface area contributed by atoms with Gasteiger partial charge in [0.15, 0.2) is 0 Å². The number of hydrogen-bond donors (Lipinski definition) is 2. The summed E-state index contributed by atoms with van der Waals surface area (Å²) in [5.41, 5.74) is 1.24. The number of sulfonamides is 2. The van der Waals surface area contributed by atoms with Crippen molar-refractivity contribution in [2.75, 3.05) is 13.1 Å². The highest BCUT2D eigenvalue weighted by Crippen LogP contribution is 2.23. The van der Waals surface area contributed by atoms with Gasteiger partial charge in [0.2, 0.25) is 0 Å². The second kappa shape index (κ2) is 8.19.